The molecule has 2 saturated heterocycles. The number of nitrogens with one attached hydrogen (secondary N) is 1. The molecule has 0 aromatic carbocycles. The lowest BCUT2D eigenvalue weighted by molar-refractivity contribution is -0.144. The molecule has 0 aromatic heterocycles. The first-order valence-corrected chi connectivity index (χ1v) is 13.2. The summed E-state index contributed by atoms with van der Waals surface area (Å²) in [5, 5.41) is 3.88. The minimum absolute atomic E-state index is 0.0416. The Morgan fingerprint density at radius 3 is 2.57 bits per heavy atom. The van der Waals surface area contributed by atoms with E-state index < -0.39 is 0 Å². The van der Waals surface area contributed by atoms with E-state index in [0.29, 0.717) is 34.6 Å². The molecule has 6 aliphatic rings. The summed E-state index contributed by atoms with van der Waals surface area (Å²) in [5.41, 5.74) is 0.831. The molecule has 4 aliphatic carbocycles. The van der Waals surface area contributed by atoms with Crippen molar-refractivity contribution in [2.75, 3.05) is 6.54 Å². The van der Waals surface area contributed by atoms with E-state index in [4.69, 9.17) is 4.74 Å². The first-order valence-electron chi connectivity index (χ1n) is 13.2. The minimum atomic E-state index is -0.0416. The maximum absolute atomic E-state index is 12.2. The Kier molecular flexibility index (Phi) is 4.42. The summed E-state index contributed by atoms with van der Waals surface area (Å²) in [6.07, 6.45) is 12.6. The van der Waals surface area contributed by atoms with E-state index in [0.717, 1.165) is 55.4 Å². The zero-order valence-corrected chi connectivity index (χ0v) is 19.7. The summed E-state index contributed by atoms with van der Waals surface area (Å²) in [4.78, 5) is 12.2. The standard InChI is InChI=1S/C27H43NO2/c1-16-7-12-27(28-15-16)17(2)24-23(30-27)14-22-20-6-5-18-13-19(29)8-10-25(18,3)21(20)9-11-26(22,24)4/h16-18,20-24,28H,5-15H2,1-4H3/t16-,17+,18-,20-,21+,22+,23+,24+,25+,26+,27-/m1/s1. The Hall–Kier alpha value is -0.410. The van der Waals surface area contributed by atoms with Crippen LogP contribution in [0.1, 0.15) is 91.9 Å². The van der Waals surface area contributed by atoms with Gasteiger partial charge >= 0.3 is 0 Å². The third-order valence-corrected chi connectivity index (χ3v) is 12.0. The zero-order chi connectivity index (χ0) is 20.9. The van der Waals surface area contributed by atoms with Crippen LogP contribution in [0.5, 0.6) is 0 Å². The second-order valence-corrected chi connectivity index (χ2v) is 13.1. The Labute approximate surface area is 183 Å². The van der Waals surface area contributed by atoms with Crippen molar-refractivity contribution in [3.63, 3.8) is 0 Å². The lowest BCUT2D eigenvalue weighted by Gasteiger charge is -2.60. The summed E-state index contributed by atoms with van der Waals surface area (Å²) in [5.74, 6) is 5.89. The third kappa shape index (κ3) is 2.54. The Morgan fingerprint density at radius 2 is 1.80 bits per heavy atom. The molecule has 0 unspecified atom stereocenters. The number of hydrogen-bond donors (Lipinski definition) is 1. The Morgan fingerprint density at radius 1 is 0.967 bits per heavy atom. The fraction of sp³-hybridized carbons (Fsp3) is 0.963. The Balaban J connectivity index is 1.26. The average Bonchev–Trinajstić information content (AvgIpc) is 3.16. The molecule has 0 amide bonds. The van der Waals surface area contributed by atoms with Gasteiger partial charge in [0.15, 0.2) is 0 Å². The smallest absolute Gasteiger partial charge is 0.133 e. The predicted octanol–water partition coefficient (Wildman–Crippen LogP) is 5.58. The highest BCUT2D eigenvalue weighted by Gasteiger charge is 2.68. The van der Waals surface area contributed by atoms with Crippen LogP contribution in [-0.4, -0.2) is 24.2 Å². The third-order valence-electron chi connectivity index (χ3n) is 12.0. The van der Waals surface area contributed by atoms with Gasteiger partial charge in [-0.1, -0.05) is 27.7 Å². The molecular weight excluding hydrogens is 370 g/mol. The van der Waals surface area contributed by atoms with Crippen LogP contribution < -0.4 is 5.32 Å². The van der Waals surface area contributed by atoms with E-state index in [1.807, 2.05) is 0 Å². The van der Waals surface area contributed by atoms with Crippen molar-refractivity contribution in [1.29, 1.82) is 0 Å². The summed E-state index contributed by atoms with van der Waals surface area (Å²) in [6.45, 7) is 11.2. The highest BCUT2D eigenvalue weighted by atomic mass is 16.5. The van der Waals surface area contributed by atoms with Crippen LogP contribution in [0.3, 0.4) is 0 Å². The largest absolute Gasteiger partial charge is 0.357 e. The predicted molar refractivity (Wildman–Crippen MR) is 119 cm³/mol. The van der Waals surface area contributed by atoms with Gasteiger partial charge in [0.25, 0.3) is 0 Å². The van der Waals surface area contributed by atoms with Crippen molar-refractivity contribution in [3.05, 3.63) is 0 Å². The summed E-state index contributed by atoms with van der Waals surface area (Å²) in [7, 11) is 0. The minimum Gasteiger partial charge on any atom is -0.357 e. The van der Waals surface area contributed by atoms with E-state index >= 15 is 0 Å². The van der Waals surface area contributed by atoms with Gasteiger partial charge in [-0.05, 0) is 97.7 Å². The molecule has 1 spiro atoms. The van der Waals surface area contributed by atoms with E-state index in [1.165, 1.54) is 44.9 Å². The lowest BCUT2D eigenvalue weighted by Crippen LogP contribution is -2.57. The average molecular weight is 414 g/mol. The van der Waals surface area contributed by atoms with Crippen molar-refractivity contribution >= 4 is 5.78 Å². The molecule has 0 radical (unpaired) electrons. The van der Waals surface area contributed by atoms with Crippen LogP contribution in [0.2, 0.25) is 0 Å². The number of ketones is 1. The molecule has 3 nitrogen and oxygen atoms in total. The van der Waals surface area contributed by atoms with Crippen LogP contribution in [-0.2, 0) is 9.53 Å². The van der Waals surface area contributed by atoms with E-state index in [2.05, 4.69) is 33.0 Å². The second-order valence-electron chi connectivity index (χ2n) is 13.1. The number of carbonyl (C=O) groups is 1. The van der Waals surface area contributed by atoms with Gasteiger partial charge in [0, 0.05) is 25.3 Å². The van der Waals surface area contributed by atoms with Gasteiger partial charge in [-0.25, -0.2) is 0 Å². The van der Waals surface area contributed by atoms with Crippen LogP contribution in [0.4, 0.5) is 0 Å². The quantitative estimate of drug-likeness (QED) is 0.564. The van der Waals surface area contributed by atoms with Gasteiger partial charge in [0.1, 0.15) is 11.5 Å². The van der Waals surface area contributed by atoms with Crippen molar-refractivity contribution in [3.8, 4) is 0 Å². The molecule has 6 rings (SSSR count). The van der Waals surface area contributed by atoms with Crippen molar-refractivity contribution in [2.45, 2.75) is 104 Å². The van der Waals surface area contributed by atoms with Crippen LogP contribution in [0.25, 0.3) is 0 Å². The topological polar surface area (TPSA) is 38.3 Å². The molecule has 0 bridgehead atoms. The van der Waals surface area contributed by atoms with Crippen LogP contribution in [0, 0.1) is 52.3 Å². The number of Topliss-reactive ketones (excluding diaryl/α,β-unsaturated/α-hetero) is 1. The molecule has 11 atom stereocenters. The zero-order valence-electron chi connectivity index (χ0n) is 19.7. The van der Waals surface area contributed by atoms with E-state index in [-0.39, 0.29) is 5.72 Å². The lowest BCUT2D eigenvalue weighted by atomic mass is 9.44. The van der Waals surface area contributed by atoms with Gasteiger partial charge in [-0.2, -0.15) is 0 Å². The van der Waals surface area contributed by atoms with E-state index in [1.54, 1.807) is 0 Å². The summed E-state index contributed by atoms with van der Waals surface area (Å²) in [6, 6.07) is 0. The molecule has 6 fully saturated rings. The number of piperidine rings is 1. The van der Waals surface area contributed by atoms with Crippen molar-refractivity contribution < 1.29 is 9.53 Å². The normalized spacial score (nSPS) is 60.1. The van der Waals surface area contributed by atoms with Gasteiger partial charge in [-0.15, -0.1) is 0 Å². The van der Waals surface area contributed by atoms with Crippen LogP contribution in [0.15, 0.2) is 0 Å². The molecule has 2 heterocycles. The molecule has 0 aromatic rings. The molecule has 168 valence electrons. The summed E-state index contributed by atoms with van der Waals surface area (Å²) < 4.78 is 7.00. The second kappa shape index (κ2) is 6.56. The molecular formula is C27H43NO2. The maximum atomic E-state index is 12.2. The fourth-order valence-corrected chi connectivity index (χ4v) is 10.2. The highest BCUT2D eigenvalue weighted by Crippen LogP contribution is 2.70. The first-order chi connectivity index (χ1) is 14.3. The van der Waals surface area contributed by atoms with Gasteiger partial charge < -0.3 is 4.74 Å². The van der Waals surface area contributed by atoms with Gasteiger partial charge in [0.2, 0.25) is 0 Å². The fourth-order valence-electron chi connectivity index (χ4n) is 10.2. The molecule has 2 aliphatic heterocycles. The van der Waals surface area contributed by atoms with Gasteiger partial charge in [0.05, 0.1) is 6.10 Å². The first kappa shape index (κ1) is 20.2. The van der Waals surface area contributed by atoms with Crippen LogP contribution >= 0.6 is 0 Å². The number of ether oxygens (including phenoxy) is 1. The number of hydrogen-bond acceptors (Lipinski definition) is 3. The van der Waals surface area contributed by atoms with Gasteiger partial charge in [-0.3, -0.25) is 10.1 Å². The molecule has 3 heteroatoms. The monoisotopic (exact) mass is 413 g/mol. The number of fused-ring (bicyclic) bond motifs is 7. The van der Waals surface area contributed by atoms with Crippen molar-refractivity contribution in [1.82, 2.24) is 5.32 Å². The Bertz CT molecular complexity index is 726. The maximum Gasteiger partial charge on any atom is 0.133 e. The highest BCUT2D eigenvalue weighted by molar-refractivity contribution is 5.79. The summed E-state index contributed by atoms with van der Waals surface area (Å²) >= 11 is 0. The number of carbonyl (C=O) groups excluding carboxylic acids is 1. The van der Waals surface area contributed by atoms with E-state index in [9.17, 15) is 4.79 Å². The molecule has 1 N–H and O–H groups in total. The SMILES string of the molecule is C[C@@H]1CC[C@@]2(NC1)O[C@H]1C[C@H]3[C@@H]4CC[C@@H]5CC(=O)CC[C@]5(C)[C@H]4CC[C@]3(C)[C@H]1[C@@H]2C. The molecule has 4 saturated carbocycles. The van der Waals surface area contributed by atoms with Crippen molar-refractivity contribution in [2.24, 2.45) is 52.3 Å². The number of rotatable bonds is 0. The molecule has 30 heavy (non-hydrogen) atoms.